The topological polar surface area (TPSA) is 44.5 Å². The molecule has 72 valence electrons. The third kappa shape index (κ3) is 1.87. The largest absolute Gasteiger partial charge is 0.496 e. The van der Waals surface area contributed by atoms with E-state index in [1.807, 2.05) is 0 Å². The lowest BCUT2D eigenvalue weighted by Crippen LogP contribution is -2.01. The molecule has 0 aliphatic heterocycles. The summed E-state index contributed by atoms with van der Waals surface area (Å²) in [6.45, 7) is 0.333. The van der Waals surface area contributed by atoms with E-state index in [0.717, 1.165) is 5.56 Å². The standard InChI is InChI=1S/C9H12ClNO2/c1-12-7-3-4-8(13-2)9(10)6(7)5-11/h3-4H,5,11H2,1-2H3. The average Bonchev–Trinajstić information content (AvgIpc) is 2.17. The number of halogens is 1. The van der Waals surface area contributed by atoms with Crippen molar-refractivity contribution in [3.05, 3.63) is 22.7 Å². The van der Waals surface area contributed by atoms with E-state index in [2.05, 4.69) is 0 Å². The van der Waals surface area contributed by atoms with Crippen LogP contribution in [0.5, 0.6) is 11.5 Å². The van der Waals surface area contributed by atoms with Crippen LogP contribution in [0.15, 0.2) is 12.1 Å². The molecule has 0 aliphatic carbocycles. The molecular weight excluding hydrogens is 190 g/mol. The number of hydrogen-bond acceptors (Lipinski definition) is 3. The summed E-state index contributed by atoms with van der Waals surface area (Å²) in [6, 6.07) is 3.53. The van der Waals surface area contributed by atoms with Crippen LogP contribution in [0.2, 0.25) is 5.02 Å². The van der Waals surface area contributed by atoms with Crippen molar-refractivity contribution in [2.75, 3.05) is 14.2 Å². The second kappa shape index (κ2) is 4.35. The lowest BCUT2D eigenvalue weighted by Gasteiger charge is -2.11. The molecule has 0 bridgehead atoms. The van der Waals surface area contributed by atoms with Crippen LogP contribution >= 0.6 is 11.6 Å². The minimum atomic E-state index is 0.333. The molecule has 0 unspecified atom stereocenters. The Balaban J connectivity index is 3.23. The Labute approximate surface area is 82.4 Å². The number of methoxy groups -OCH3 is 2. The summed E-state index contributed by atoms with van der Waals surface area (Å²) in [4.78, 5) is 0. The van der Waals surface area contributed by atoms with Crippen molar-refractivity contribution in [1.82, 2.24) is 0 Å². The van der Waals surface area contributed by atoms with Gasteiger partial charge in [0.15, 0.2) is 0 Å². The highest BCUT2D eigenvalue weighted by Crippen LogP contribution is 2.34. The summed E-state index contributed by atoms with van der Waals surface area (Å²) >= 11 is 6.01. The van der Waals surface area contributed by atoms with Gasteiger partial charge in [-0.25, -0.2) is 0 Å². The Morgan fingerprint density at radius 3 is 2.23 bits per heavy atom. The van der Waals surface area contributed by atoms with Crippen molar-refractivity contribution >= 4 is 11.6 Å². The fraction of sp³-hybridized carbons (Fsp3) is 0.333. The molecule has 0 aromatic heterocycles. The maximum atomic E-state index is 6.01. The van der Waals surface area contributed by atoms with E-state index < -0.39 is 0 Å². The second-order valence-electron chi connectivity index (χ2n) is 2.47. The summed E-state index contributed by atoms with van der Waals surface area (Å²) in [5.41, 5.74) is 6.30. The van der Waals surface area contributed by atoms with Gasteiger partial charge in [0.05, 0.1) is 19.2 Å². The van der Waals surface area contributed by atoms with Crippen LogP contribution in [0.3, 0.4) is 0 Å². The predicted octanol–water partition coefficient (Wildman–Crippen LogP) is 1.82. The second-order valence-corrected chi connectivity index (χ2v) is 2.84. The molecule has 1 aromatic rings. The van der Waals surface area contributed by atoms with Crippen LogP contribution < -0.4 is 15.2 Å². The van der Waals surface area contributed by atoms with Gasteiger partial charge in [-0.05, 0) is 12.1 Å². The molecule has 0 atom stereocenters. The molecule has 1 aromatic carbocycles. The van der Waals surface area contributed by atoms with Crippen LogP contribution in [0.1, 0.15) is 5.56 Å². The molecule has 13 heavy (non-hydrogen) atoms. The van der Waals surface area contributed by atoms with E-state index in [4.69, 9.17) is 26.8 Å². The molecule has 4 heteroatoms. The van der Waals surface area contributed by atoms with Gasteiger partial charge in [0, 0.05) is 12.1 Å². The van der Waals surface area contributed by atoms with Crippen molar-refractivity contribution in [3.8, 4) is 11.5 Å². The minimum Gasteiger partial charge on any atom is -0.496 e. The Hall–Kier alpha value is -0.930. The molecular formula is C9H12ClNO2. The van der Waals surface area contributed by atoms with Crippen LogP contribution in [0, 0.1) is 0 Å². The highest BCUT2D eigenvalue weighted by molar-refractivity contribution is 6.33. The highest BCUT2D eigenvalue weighted by Gasteiger charge is 2.10. The van der Waals surface area contributed by atoms with E-state index >= 15 is 0 Å². The third-order valence-electron chi connectivity index (χ3n) is 1.81. The van der Waals surface area contributed by atoms with E-state index in [1.54, 1.807) is 26.4 Å². The lowest BCUT2D eigenvalue weighted by molar-refractivity contribution is 0.399. The fourth-order valence-electron chi connectivity index (χ4n) is 1.12. The predicted molar refractivity (Wildman–Crippen MR) is 52.4 cm³/mol. The molecule has 0 saturated carbocycles. The zero-order valence-electron chi connectivity index (χ0n) is 7.63. The summed E-state index contributed by atoms with van der Waals surface area (Å²) in [5, 5.41) is 0.518. The molecule has 0 heterocycles. The third-order valence-corrected chi connectivity index (χ3v) is 2.22. The van der Waals surface area contributed by atoms with Crippen LogP contribution in [-0.4, -0.2) is 14.2 Å². The van der Waals surface area contributed by atoms with Gasteiger partial charge >= 0.3 is 0 Å². The molecule has 0 radical (unpaired) electrons. The SMILES string of the molecule is COc1ccc(OC)c(CN)c1Cl. The highest BCUT2D eigenvalue weighted by atomic mass is 35.5. The molecule has 3 nitrogen and oxygen atoms in total. The Morgan fingerprint density at radius 2 is 1.77 bits per heavy atom. The van der Waals surface area contributed by atoms with E-state index in [0.29, 0.717) is 23.1 Å². The number of rotatable bonds is 3. The Morgan fingerprint density at radius 1 is 1.23 bits per heavy atom. The van der Waals surface area contributed by atoms with Crippen LogP contribution in [0.4, 0.5) is 0 Å². The van der Waals surface area contributed by atoms with E-state index in [1.165, 1.54) is 0 Å². The average molecular weight is 202 g/mol. The molecule has 1 rings (SSSR count). The van der Waals surface area contributed by atoms with Crippen molar-refractivity contribution in [2.45, 2.75) is 6.54 Å². The quantitative estimate of drug-likeness (QED) is 0.812. The number of benzene rings is 1. The molecule has 0 spiro atoms. The molecule has 0 saturated heterocycles. The van der Waals surface area contributed by atoms with Gasteiger partial charge in [0.2, 0.25) is 0 Å². The smallest absolute Gasteiger partial charge is 0.138 e. The molecule has 0 fully saturated rings. The minimum absolute atomic E-state index is 0.333. The van der Waals surface area contributed by atoms with Gasteiger partial charge in [0.25, 0.3) is 0 Å². The Bertz CT molecular complexity index is 302. The maximum absolute atomic E-state index is 6.01. The van der Waals surface area contributed by atoms with E-state index in [-0.39, 0.29) is 0 Å². The molecule has 0 amide bonds. The first kappa shape index (κ1) is 10.2. The summed E-state index contributed by atoms with van der Waals surface area (Å²) in [6.07, 6.45) is 0. The van der Waals surface area contributed by atoms with Gasteiger partial charge < -0.3 is 15.2 Å². The fourth-order valence-corrected chi connectivity index (χ4v) is 1.43. The van der Waals surface area contributed by atoms with Crippen LogP contribution in [-0.2, 0) is 6.54 Å². The van der Waals surface area contributed by atoms with E-state index in [9.17, 15) is 0 Å². The summed E-state index contributed by atoms with van der Waals surface area (Å²) in [7, 11) is 3.14. The van der Waals surface area contributed by atoms with Crippen molar-refractivity contribution in [2.24, 2.45) is 5.73 Å². The first-order valence-electron chi connectivity index (χ1n) is 3.84. The number of ether oxygens (including phenoxy) is 2. The lowest BCUT2D eigenvalue weighted by atomic mass is 10.2. The van der Waals surface area contributed by atoms with Crippen molar-refractivity contribution < 1.29 is 9.47 Å². The first-order valence-corrected chi connectivity index (χ1v) is 4.21. The maximum Gasteiger partial charge on any atom is 0.138 e. The monoisotopic (exact) mass is 201 g/mol. The summed E-state index contributed by atoms with van der Waals surface area (Å²) < 4.78 is 10.1. The summed E-state index contributed by atoms with van der Waals surface area (Å²) in [5.74, 6) is 1.30. The molecule has 0 aliphatic rings. The van der Waals surface area contributed by atoms with Gasteiger partial charge in [0.1, 0.15) is 11.5 Å². The Kier molecular flexibility index (Phi) is 3.39. The van der Waals surface area contributed by atoms with Crippen molar-refractivity contribution in [3.63, 3.8) is 0 Å². The number of hydrogen-bond donors (Lipinski definition) is 1. The normalized spacial score (nSPS) is 9.85. The molecule has 2 N–H and O–H groups in total. The van der Waals surface area contributed by atoms with Crippen molar-refractivity contribution in [1.29, 1.82) is 0 Å². The van der Waals surface area contributed by atoms with Crippen LogP contribution in [0.25, 0.3) is 0 Å². The first-order chi connectivity index (χ1) is 6.24. The zero-order valence-corrected chi connectivity index (χ0v) is 8.39. The van der Waals surface area contributed by atoms with Gasteiger partial charge in [-0.3, -0.25) is 0 Å². The van der Waals surface area contributed by atoms with Gasteiger partial charge in [-0.15, -0.1) is 0 Å². The van der Waals surface area contributed by atoms with Gasteiger partial charge in [-0.1, -0.05) is 11.6 Å². The number of nitrogens with two attached hydrogens (primary N) is 1. The van der Waals surface area contributed by atoms with Gasteiger partial charge in [-0.2, -0.15) is 0 Å². The zero-order chi connectivity index (χ0) is 9.84.